The van der Waals surface area contributed by atoms with Gasteiger partial charge >= 0.3 is 0 Å². The minimum absolute atomic E-state index is 0.244. The Kier molecular flexibility index (Phi) is 3.94. The number of hydrogen-bond donors (Lipinski definition) is 2. The molecule has 0 aliphatic carbocycles. The first-order valence-corrected chi connectivity index (χ1v) is 7.03. The number of primary amides is 1. The number of anilines is 1. The smallest absolute Gasteiger partial charge is 0.240 e. The van der Waals surface area contributed by atoms with Crippen LogP contribution < -0.4 is 11.1 Å². The molecule has 2 unspecified atom stereocenters. The molecule has 3 N–H and O–H groups in total. The second-order valence-corrected chi connectivity index (χ2v) is 5.61. The van der Waals surface area contributed by atoms with Crippen LogP contribution in [0.25, 0.3) is 0 Å². The molecule has 1 saturated heterocycles. The van der Waals surface area contributed by atoms with Crippen LogP contribution >= 0.6 is 11.8 Å². The van der Waals surface area contributed by atoms with Gasteiger partial charge in [0.05, 0.1) is 0 Å². The van der Waals surface area contributed by atoms with Gasteiger partial charge in [-0.1, -0.05) is 18.2 Å². The van der Waals surface area contributed by atoms with Gasteiger partial charge in [-0.15, -0.1) is 0 Å². The van der Waals surface area contributed by atoms with Gasteiger partial charge < -0.3 is 11.1 Å². The van der Waals surface area contributed by atoms with Gasteiger partial charge in [0.25, 0.3) is 0 Å². The molecule has 1 aromatic carbocycles. The van der Waals surface area contributed by atoms with Gasteiger partial charge in [0.2, 0.25) is 5.91 Å². The van der Waals surface area contributed by atoms with E-state index in [2.05, 4.69) is 5.32 Å². The molecule has 4 heteroatoms. The lowest BCUT2D eigenvalue weighted by atomic mass is 9.98. The molecule has 0 saturated carbocycles. The average molecular weight is 250 g/mol. The number of thioether (sulfide) groups is 1. The van der Waals surface area contributed by atoms with E-state index >= 15 is 0 Å². The number of rotatable bonds is 4. The van der Waals surface area contributed by atoms with Crippen LogP contribution in [-0.4, -0.2) is 23.5 Å². The molecule has 3 nitrogen and oxygen atoms in total. The molecular weight excluding hydrogens is 232 g/mol. The molecule has 0 radical (unpaired) electrons. The summed E-state index contributed by atoms with van der Waals surface area (Å²) in [6, 6.07) is 7.74. The molecule has 1 amide bonds. The monoisotopic (exact) mass is 250 g/mol. The Hall–Kier alpha value is -1.16. The number of carbonyl (C=O) groups is 1. The number of aryl methyl sites for hydroxylation is 1. The molecule has 0 spiro atoms. The van der Waals surface area contributed by atoms with Crippen molar-refractivity contribution >= 4 is 23.4 Å². The summed E-state index contributed by atoms with van der Waals surface area (Å²) in [5.41, 5.74) is 7.65. The SMILES string of the molecule is Cc1ccccc1NC(C(N)=O)C1CCSC1. The Morgan fingerprint density at radius 2 is 2.29 bits per heavy atom. The molecular formula is C13H18N2OS. The molecule has 1 aromatic rings. The van der Waals surface area contributed by atoms with Gasteiger partial charge in [0.1, 0.15) is 6.04 Å². The number of amides is 1. The van der Waals surface area contributed by atoms with Crippen molar-refractivity contribution in [1.82, 2.24) is 0 Å². The van der Waals surface area contributed by atoms with E-state index in [0.29, 0.717) is 5.92 Å². The third-order valence-electron chi connectivity index (χ3n) is 3.20. The molecule has 1 fully saturated rings. The first kappa shape index (κ1) is 12.3. The minimum Gasteiger partial charge on any atom is -0.373 e. The number of benzene rings is 1. The molecule has 1 aliphatic rings. The number of nitrogens with one attached hydrogen (secondary N) is 1. The fourth-order valence-corrected chi connectivity index (χ4v) is 3.44. The van der Waals surface area contributed by atoms with Crippen LogP contribution in [0.3, 0.4) is 0 Å². The zero-order valence-corrected chi connectivity index (χ0v) is 10.8. The van der Waals surface area contributed by atoms with Crippen molar-refractivity contribution in [1.29, 1.82) is 0 Å². The second kappa shape index (κ2) is 5.45. The molecule has 0 aromatic heterocycles. The summed E-state index contributed by atoms with van der Waals surface area (Å²) < 4.78 is 0. The Bertz CT molecular complexity index is 402. The van der Waals surface area contributed by atoms with E-state index in [9.17, 15) is 4.79 Å². The average Bonchev–Trinajstić information content (AvgIpc) is 2.81. The van der Waals surface area contributed by atoms with Crippen LogP contribution in [0.15, 0.2) is 24.3 Å². The lowest BCUT2D eigenvalue weighted by molar-refractivity contribution is -0.119. The highest BCUT2D eigenvalue weighted by Crippen LogP contribution is 2.28. The van der Waals surface area contributed by atoms with Crippen LogP contribution in [0.4, 0.5) is 5.69 Å². The topological polar surface area (TPSA) is 55.1 Å². The summed E-state index contributed by atoms with van der Waals surface area (Å²) in [5, 5.41) is 3.30. The van der Waals surface area contributed by atoms with Gasteiger partial charge in [0, 0.05) is 5.69 Å². The maximum Gasteiger partial charge on any atom is 0.240 e. The lowest BCUT2D eigenvalue weighted by Crippen LogP contribution is -2.41. The van der Waals surface area contributed by atoms with Crippen molar-refractivity contribution in [2.75, 3.05) is 16.8 Å². The summed E-state index contributed by atoms with van der Waals surface area (Å²) >= 11 is 1.89. The molecule has 2 rings (SSSR count). The van der Waals surface area contributed by atoms with Crippen LogP contribution in [-0.2, 0) is 4.79 Å². The first-order chi connectivity index (χ1) is 8.18. The molecule has 1 aliphatic heterocycles. The molecule has 2 atom stereocenters. The number of hydrogen-bond acceptors (Lipinski definition) is 3. The molecule has 17 heavy (non-hydrogen) atoms. The number of nitrogens with two attached hydrogens (primary N) is 1. The van der Waals surface area contributed by atoms with Gasteiger partial charge in [-0.3, -0.25) is 4.79 Å². The lowest BCUT2D eigenvalue weighted by Gasteiger charge is -2.23. The van der Waals surface area contributed by atoms with Gasteiger partial charge in [-0.25, -0.2) is 0 Å². The largest absolute Gasteiger partial charge is 0.373 e. The third-order valence-corrected chi connectivity index (χ3v) is 4.39. The predicted molar refractivity (Wildman–Crippen MR) is 73.2 cm³/mol. The zero-order chi connectivity index (χ0) is 12.3. The fourth-order valence-electron chi connectivity index (χ4n) is 2.14. The van der Waals surface area contributed by atoms with Gasteiger partial charge in [-0.2, -0.15) is 11.8 Å². The zero-order valence-electron chi connectivity index (χ0n) is 9.98. The molecule has 92 valence electrons. The molecule has 1 heterocycles. The second-order valence-electron chi connectivity index (χ2n) is 4.46. The number of para-hydroxylation sites is 1. The maximum atomic E-state index is 11.6. The van der Waals surface area contributed by atoms with E-state index in [1.807, 2.05) is 43.0 Å². The summed E-state index contributed by atoms with van der Waals surface area (Å²) in [6.07, 6.45) is 1.07. The fraction of sp³-hybridized carbons (Fsp3) is 0.462. The van der Waals surface area contributed by atoms with Crippen LogP contribution in [0.2, 0.25) is 0 Å². The summed E-state index contributed by atoms with van der Waals surface area (Å²) in [5.74, 6) is 2.26. The standard InChI is InChI=1S/C13H18N2OS/c1-9-4-2-3-5-11(9)15-12(13(14)16)10-6-7-17-8-10/h2-5,10,12,15H,6-8H2,1H3,(H2,14,16). The Morgan fingerprint density at radius 3 is 2.88 bits per heavy atom. The normalized spacial score (nSPS) is 21.1. The van der Waals surface area contributed by atoms with Crippen molar-refractivity contribution in [3.05, 3.63) is 29.8 Å². The highest BCUT2D eigenvalue weighted by Gasteiger charge is 2.29. The van der Waals surface area contributed by atoms with Crippen LogP contribution in [0.1, 0.15) is 12.0 Å². The van der Waals surface area contributed by atoms with Crippen molar-refractivity contribution in [3.8, 4) is 0 Å². The van der Waals surface area contributed by atoms with Crippen LogP contribution in [0, 0.1) is 12.8 Å². The Balaban J connectivity index is 2.12. The summed E-state index contributed by atoms with van der Waals surface area (Å²) in [6.45, 7) is 2.03. The van der Waals surface area contributed by atoms with Crippen molar-refractivity contribution in [3.63, 3.8) is 0 Å². The van der Waals surface area contributed by atoms with E-state index < -0.39 is 0 Å². The summed E-state index contributed by atoms with van der Waals surface area (Å²) in [7, 11) is 0. The first-order valence-electron chi connectivity index (χ1n) is 5.87. The highest BCUT2D eigenvalue weighted by atomic mass is 32.2. The maximum absolute atomic E-state index is 11.6. The van der Waals surface area contributed by atoms with Crippen LogP contribution in [0.5, 0.6) is 0 Å². The van der Waals surface area contributed by atoms with Gasteiger partial charge in [-0.05, 0) is 42.4 Å². The Morgan fingerprint density at radius 1 is 1.53 bits per heavy atom. The van der Waals surface area contributed by atoms with E-state index in [1.165, 1.54) is 0 Å². The quantitative estimate of drug-likeness (QED) is 0.859. The third kappa shape index (κ3) is 2.94. The van der Waals surface area contributed by atoms with Gasteiger partial charge in [0.15, 0.2) is 0 Å². The van der Waals surface area contributed by atoms with Crippen molar-refractivity contribution in [2.45, 2.75) is 19.4 Å². The van der Waals surface area contributed by atoms with E-state index in [0.717, 1.165) is 29.2 Å². The molecule has 0 bridgehead atoms. The van der Waals surface area contributed by atoms with E-state index in [4.69, 9.17) is 5.73 Å². The summed E-state index contributed by atoms with van der Waals surface area (Å²) in [4.78, 5) is 11.6. The van der Waals surface area contributed by atoms with Crippen molar-refractivity contribution in [2.24, 2.45) is 11.7 Å². The van der Waals surface area contributed by atoms with E-state index in [-0.39, 0.29) is 11.9 Å². The number of carbonyl (C=O) groups excluding carboxylic acids is 1. The van der Waals surface area contributed by atoms with Crippen molar-refractivity contribution < 1.29 is 4.79 Å². The minimum atomic E-state index is -0.249. The highest BCUT2D eigenvalue weighted by molar-refractivity contribution is 7.99. The Labute approximate surface area is 106 Å². The van der Waals surface area contributed by atoms with E-state index in [1.54, 1.807) is 0 Å². The predicted octanol–water partition coefficient (Wildman–Crippen LogP) is 2.01.